The number of phenolic OH excluding ortho intramolecular Hbond substituents is 1. The van der Waals surface area contributed by atoms with Crippen LogP contribution in [0.3, 0.4) is 0 Å². The zero-order chi connectivity index (χ0) is 13.4. The molecule has 0 amide bonds. The Morgan fingerprint density at radius 1 is 1.05 bits per heavy atom. The van der Waals surface area contributed by atoms with E-state index in [2.05, 4.69) is 0 Å². The minimum Gasteiger partial charge on any atom is -0.508 e. The zero-order valence-corrected chi connectivity index (χ0v) is 9.76. The standard InChI is InChI=1S/C15H9FO3/c16-12-4-2-1-3-10(12)15-8-13(18)11-6-5-9(17)7-14(11)19-15/h1-8,17H. The summed E-state index contributed by atoms with van der Waals surface area (Å²) in [5, 5.41) is 9.75. The second-order valence-electron chi connectivity index (χ2n) is 4.14. The van der Waals surface area contributed by atoms with Crippen LogP contribution in [0.5, 0.6) is 5.75 Å². The molecule has 94 valence electrons. The maximum atomic E-state index is 13.7. The lowest BCUT2D eigenvalue weighted by Gasteiger charge is -2.04. The van der Waals surface area contributed by atoms with Gasteiger partial charge in [-0.25, -0.2) is 4.39 Å². The molecular weight excluding hydrogens is 247 g/mol. The molecule has 0 saturated heterocycles. The number of hydrogen-bond acceptors (Lipinski definition) is 3. The lowest BCUT2D eigenvalue weighted by molar-refractivity contribution is 0.474. The lowest BCUT2D eigenvalue weighted by Crippen LogP contribution is -2.00. The number of phenols is 1. The average Bonchev–Trinajstić information content (AvgIpc) is 2.38. The first kappa shape index (κ1) is 11.5. The van der Waals surface area contributed by atoms with Gasteiger partial charge in [-0.2, -0.15) is 0 Å². The number of halogens is 1. The molecule has 0 unspecified atom stereocenters. The van der Waals surface area contributed by atoms with Crippen molar-refractivity contribution in [2.45, 2.75) is 0 Å². The fourth-order valence-corrected chi connectivity index (χ4v) is 1.94. The van der Waals surface area contributed by atoms with Gasteiger partial charge in [0.15, 0.2) is 5.43 Å². The van der Waals surface area contributed by atoms with Crippen molar-refractivity contribution in [3.63, 3.8) is 0 Å². The Kier molecular flexibility index (Phi) is 2.56. The third kappa shape index (κ3) is 1.97. The summed E-state index contributed by atoms with van der Waals surface area (Å²) in [5.74, 6) is -0.340. The van der Waals surface area contributed by atoms with E-state index in [1.54, 1.807) is 12.1 Å². The summed E-state index contributed by atoms with van der Waals surface area (Å²) in [7, 11) is 0. The zero-order valence-electron chi connectivity index (χ0n) is 9.76. The molecule has 1 aromatic heterocycles. The first-order valence-corrected chi connectivity index (χ1v) is 5.67. The van der Waals surface area contributed by atoms with Gasteiger partial charge < -0.3 is 9.52 Å². The van der Waals surface area contributed by atoms with E-state index >= 15 is 0 Å². The van der Waals surface area contributed by atoms with Gasteiger partial charge in [0.05, 0.1) is 10.9 Å². The van der Waals surface area contributed by atoms with E-state index in [-0.39, 0.29) is 28.1 Å². The Morgan fingerprint density at radius 2 is 1.84 bits per heavy atom. The highest BCUT2D eigenvalue weighted by atomic mass is 19.1. The second-order valence-corrected chi connectivity index (χ2v) is 4.14. The van der Waals surface area contributed by atoms with Crippen molar-refractivity contribution in [2.24, 2.45) is 0 Å². The Labute approximate surface area is 107 Å². The number of rotatable bonds is 1. The van der Waals surface area contributed by atoms with Gasteiger partial charge in [-0.3, -0.25) is 4.79 Å². The third-order valence-corrected chi connectivity index (χ3v) is 2.85. The van der Waals surface area contributed by atoms with Crippen molar-refractivity contribution in [1.29, 1.82) is 0 Å². The van der Waals surface area contributed by atoms with Crippen molar-refractivity contribution in [2.75, 3.05) is 0 Å². The van der Waals surface area contributed by atoms with E-state index in [0.29, 0.717) is 5.39 Å². The van der Waals surface area contributed by atoms with Crippen LogP contribution in [0.2, 0.25) is 0 Å². The number of aromatic hydroxyl groups is 1. The van der Waals surface area contributed by atoms with E-state index in [0.717, 1.165) is 0 Å². The van der Waals surface area contributed by atoms with Crippen LogP contribution in [0.15, 0.2) is 57.7 Å². The molecule has 0 aliphatic heterocycles. The first-order chi connectivity index (χ1) is 9.15. The van der Waals surface area contributed by atoms with Crippen LogP contribution < -0.4 is 5.43 Å². The van der Waals surface area contributed by atoms with Crippen molar-refractivity contribution in [1.82, 2.24) is 0 Å². The van der Waals surface area contributed by atoms with Crippen LogP contribution in [0.1, 0.15) is 0 Å². The number of benzene rings is 2. The molecule has 3 aromatic rings. The van der Waals surface area contributed by atoms with Crippen LogP contribution in [0, 0.1) is 5.82 Å². The molecule has 0 bridgehead atoms. The summed E-state index contributed by atoms with van der Waals surface area (Å²) in [4.78, 5) is 11.9. The molecule has 1 heterocycles. The summed E-state index contributed by atoms with van der Waals surface area (Å²) in [6, 6.07) is 11.5. The molecule has 0 fully saturated rings. The van der Waals surface area contributed by atoms with Gasteiger partial charge in [0.25, 0.3) is 0 Å². The molecule has 0 aliphatic rings. The summed E-state index contributed by atoms with van der Waals surface area (Å²) < 4.78 is 19.2. The maximum absolute atomic E-state index is 13.7. The molecule has 0 aliphatic carbocycles. The van der Waals surface area contributed by atoms with E-state index in [4.69, 9.17) is 4.42 Å². The monoisotopic (exact) mass is 256 g/mol. The molecule has 0 spiro atoms. The molecule has 0 saturated carbocycles. The topological polar surface area (TPSA) is 50.4 Å². The molecule has 19 heavy (non-hydrogen) atoms. The highest BCUT2D eigenvalue weighted by Crippen LogP contribution is 2.26. The van der Waals surface area contributed by atoms with E-state index < -0.39 is 5.82 Å². The van der Waals surface area contributed by atoms with Crippen molar-refractivity contribution in [3.05, 3.63) is 64.6 Å². The van der Waals surface area contributed by atoms with E-state index in [1.807, 2.05) is 0 Å². The SMILES string of the molecule is O=c1cc(-c2ccccc2F)oc2cc(O)ccc12. The largest absolute Gasteiger partial charge is 0.508 e. The fraction of sp³-hybridized carbons (Fsp3) is 0. The van der Waals surface area contributed by atoms with Crippen molar-refractivity contribution < 1.29 is 13.9 Å². The Bertz CT molecular complexity index is 821. The summed E-state index contributed by atoms with van der Waals surface area (Å²) >= 11 is 0. The van der Waals surface area contributed by atoms with Gasteiger partial charge in [0.1, 0.15) is 22.9 Å². The van der Waals surface area contributed by atoms with Gasteiger partial charge in [-0.05, 0) is 24.3 Å². The molecule has 1 N–H and O–H groups in total. The molecule has 3 rings (SSSR count). The summed E-state index contributed by atoms with van der Waals surface area (Å²) in [6.07, 6.45) is 0. The van der Waals surface area contributed by atoms with Gasteiger partial charge >= 0.3 is 0 Å². The Balaban J connectivity index is 2.32. The fourth-order valence-electron chi connectivity index (χ4n) is 1.94. The smallest absolute Gasteiger partial charge is 0.193 e. The highest BCUT2D eigenvalue weighted by Gasteiger charge is 2.10. The normalized spacial score (nSPS) is 10.8. The summed E-state index contributed by atoms with van der Waals surface area (Å²) in [5.41, 5.74) is 0.162. The van der Waals surface area contributed by atoms with Crippen LogP contribution in [0.25, 0.3) is 22.3 Å². The predicted molar refractivity (Wildman–Crippen MR) is 69.5 cm³/mol. The molecule has 0 radical (unpaired) electrons. The van der Waals surface area contributed by atoms with Gasteiger partial charge in [0, 0.05) is 12.1 Å². The van der Waals surface area contributed by atoms with Crippen LogP contribution in [-0.4, -0.2) is 5.11 Å². The van der Waals surface area contributed by atoms with Gasteiger partial charge in [-0.1, -0.05) is 12.1 Å². The molecular formula is C15H9FO3. The van der Waals surface area contributed by atoms with E-state index in [9.17, 15) is 14.3 Å². The quantitative estimate of drug-likeness (QED) is 0.726. The second kappa shape index (κ2) is 4.24. The molecule has 2 aromatic carbocycles. The highest BCUT2D eigenvalue weighted by molar-refractivity contribution is 5.80. The van der Waals surface area contributed by atoms with Gasteiger partial charge in [-0.15, -0.1) is 0 Å². The van der Waals surface area contributed by atoms with Crippen molar-refractivity contribution >= 4 is 11.0 Å². The van der Waals surface area contributed by atoms with Crippen LogP contribution in [-0.2, 0) is 0 Å². The van der Waals surface area contributed by atoms with Crippen molar-refractivity contribution in [3.8, 4) is 17.1 Å². The van der Waals surface area contributed by atoms with E-state index in [1.165, 1.54) is 36.4 Å². The molecule has 3 nitrogen and oxygen atoms in total. The first-order valence-electron chi connectivity index (χ1n) is 5.67. The van der Waals surface area contributed by atoms with Crippen LogP contribution >= 0.6 is 0 Å². The van der Waals surface area contributed by atoms with Crippen LogP contribution in [0.4, 0.5) is 4.39 Å². The minimum absolute atomic E-state index is 0.0127. The van der Waals surface area contributed by atoms with Gasteiger partial charge in [0.2, 0.25) is 0 Å². The maximum Gasteiger partial charge on any atom is 0.193 e. The summed E-state index contributed by atoms with van der Waals surface area (Å²) in [6.45, 7) is 0. The molecule has 0 atom stereocenters. The number of hydrogen-bond donors (Lipinski definition) is 1. The average molecular weight is 256 g/mol. The lowest BCUT2D eigenvalue weighted by atomic mass is 10.1. The minimum atomic E-state index is -0.467. The predicted octanol–water partition coefficient (Wildman–Crippen LogP) is 3.30. The third-order valence-electron chi connectivity index (χ3n) is 2.85. The number of fused-ring (bicyclic) bond motifs is 1. The Morgan fingerprint density at radius 3 is 2.63 bits per heavy atom. The Hall–Kier alpha value is -2.62. The molecule has 4 heteroatoms.